The molecule has 0 aliphatic heterocycles. The SMILES string of the molecule is CC(C)C(CCN)NC(=O)c1ccc2nccnc2c1. The van der Waals surface area contributed by atoms with E-state index in [-0.39, 0.29) is 11.9 Å². The minimum absolute atomic E-state index is 0.0880. The maximum Gasteiger partial charge on any atom is 0.251 e. The molecule has 1 atom stereocenters. The van der Waals surface area contributed by atoms with Crippen LogP contribution in [0.5, 0.6) is 0 Å². The Kier molecular flexibility index (Phi) is 4.63. The van der Waals surface area contributed by atoms with Crippen molar-refractivity contribution in [1.29, 1.82) is 0 Å². The van der Waals surface area contributed by atoms with Gasteiger partial charge in [0.05, 0.1) is 11.0 Å². The summed E-state index contributed by atoms with van der Waals surface area (Å²) in [5.74, 6) is 0.257. The highest BCUT2D eigenvalue weighted by Gasteiger charge is 2.16. The van der Waals surface area contributed by atoms with Crippen LogP contribution in [-0.2, 0) is 0 Å². The Morgan fingerprint density at radius 3 is 2.60 bits per heavy atom. The van der Waals surface area contributed by atoms with Crippen molar-refractivity contribution in [3.63, 3.8) is 0 Å². The van der Waals surface area contributed by atoms with Gasteiger partial charge in [0, 0.05) is 24.0 Å². The topological polar surface area (TPSA) is 80.9 Å². The van der Waals surface area contributed by atoms with Crippen LogP contribution in [0.15, 0.2) is 30.6 Å². The van der Waals surface area contributed by atoms with E-state index in [0.717, 1.165) is 17.5 Å². The second-order valence-corrected chi connectivity index (χ2v) is 5.16. The lowest BCUT2D eigenvalue weighted by atomic mass is 10.0. The molecule has 0 aliphatic rings. The van der Waals surface area contributed by atoms with Gasteiger partial charge in [0.15, 0.2) is 0 Å². The van der Waals surface area contributed by atoms with Gasteiger partial charge in [0.25, 0.3) is 5.91 Å². The molecule has 1 aromatic heterocycles. The van der Waals surface area contributed by atoms with Gasteiger partial charge < -0.3 is 11.1 Å². The Morgan fingerprint density at radius 2 is 1.95 bits per heavy atom. The number of nitrogens with zero attached hydrogens (tertiary/aromatic N) is 2. The van der Waals surface area contributed by atoms with Crippen molar-refractivity contribution in [2.24, 2.45) is 11.7 Å². The molecule has 2 rings (SSSR count). The van der Waals surface area contributed by atoms with Crippen LogP contribution >= 0.6 is 0 Å². The van der Waals surface area contributed by atoms with E-state index in [1.54, 1.807) is 24.5 Å². The zero-order chi connectivity index (χ0) is 14.5. The molecule has 0 fully saturated rings. The number of amides is 1. The molecule has 0 aliphatic carbocycles. The lowest BCUT2D eigenvalue weighted by molar-refractivity contribution is 0.0924. The van der Waals surface area contributed by atoms with E-state index in [2.05, 4.69) is 29.1 Å². The minimum Gasteiger partial charge on any atom is -0.349 e. The summed E-state index contributed by atoms with van der Waals surface area (Å²) in [7, 11) is 0. The predicted molar refractivity (Wildman–Crippen MR) is 79.3 cm³/mol. The fourth-order valence-electron chi connectivity index (χ4n) is 2.11. The van der Waals surface area contributed by atoms with Crippen LogP contribution in [0.1, 0.15) is 30.6 Å². The average molecular weight is 272 g/mol. The average Bonchev–Trinajstić information content (AvgIpc) is 2.46. The van der Waals surface area contributed by atoms with Gasteiger partial charge in [0.1, 0.15) is 0 Å². The van der Waals surface area contributed by atoms with Crippen molar-refractivity contribution in [2.75, 3.05) is 6.54 Å². The summed E-state index contributed by atoms with van der Waals surface area (Å²) in [5.41, 5.74) is 7.69. The van der Waals surface area contributed by atoms with Crippen LogP contribution < -0.4 is 11.1 Å². The Morgan fingerprint density at radius 1 is 1.25 bits per heavy atom. The first kappa shape index (κ1) is 14.4. The number of rotatable bonds is 5. The van der Waals surface area contributed by atoms with Crippen LogP contribution in [0.4, 0.5) is 0 Å². The quantitative estimate of drug-likeness (QED) is 0.868. The normalized spacial score (nSPS) is 12.6. The molecule has 0 saturated carbocycles. The van der Waals surface area contributed by atoms with Crippen molar-refractivity contribution in [2.45, 2.75) is 26.3 Å². The van der Waals surface area contributed by atoms with Crippen molar-refractivity contribution >= 4 is 16.9 Å². The summed E-state index contributed by atoms with van der Waals surface area (Å²) in [4.78, 5) is 20.7. The van der Waals surface area contributed by atoms with Crippen molar-refractivity contribution in [1.82, 2.24) is 15.3 Å². The molecule has 1 amide bonds. The number of aromatic nitrogens is 2. The maximum absolute atomic E-state index is 12.3. The molecule has 0 spiro atoms. The number of carbonyl (C=O) groups is 1. The van der Waals surface area contributed by atoms with Gasteiger partial charge in [-0.05, 0) is 37.1 Å². The highest BCUT2D eigenvalue weighted by molar-refractivity contribution is 5.97. The van der Waals surface area contributed by atoms with E-state index in [9.17, 15) is 4.79 Å². The van der Waals surface area contributed by atoms with E-state index in [4.69, 9.17) is 5.73 Å². The molecule has 5 nitrogen and oxygen atoms in total. The smallest absolute Gasteiger partial charge is 0.251 e. The molecule has 106 valence electrons. The molecule has 0 saturated heterocycles. The molecule has 2 aromatic rings. The summed E-state index contributed by atoms with van der Waals surface area (Å²) in [5, 5.41) is 3.03. The van der Waals surface area contributed by atoms with Crippen molar-refractivity contribution in [3.8, 4) is 0 Å². The molecular formula is C15H20N4O. The molecule has 1 heterocycles. The Bertz CT molecular complexity index is 597. The van der Waals surface area contributed by atoms with Crippen LogP contribution in [0, 0.1) is 5.92 Å². The molecule has 1 aromatic carbocycles. The fourth-order valence-corrected chi connectivity index (χ4v) is 2.11. The predicted octanol–water partition coefficient (Wildman–Crippen LogP) is 1.73. The summed E-state index contributed by atoms with van der Waals surface area (Å²) in [6.45, 7) is 4.71. The van der Waals surface area contributed by atoms with Gasteiger partial charge >= 0.3 is 0 Å². The molecule has 1 unspecified atom stereocenters. The summed E-state index contributed by atoms with van der Waals surface area (Å²) >= 11 is 0. The summed E-state index contributed by atoms with van der Waals surface area (Å²) in [6.07, 6.45) is 4.03. The number of fused-ring (bicyclic) bond motifs is 1. The number of benzene rings is 1. The third-order valence-electron chi connectivity index (χ3n) is 3.33. The van der Waals surface area contributed by atoms with E-state index >= 15 is 0 Å². The number of carbonyl (C=O) groups excluding carboxylic acids is 1. The zero-order valence-electron chi connectivity index (χ0n) is 11.8. The fraction of sp³-hybridized carbons (Fsp3) is 0.400. The Labute approximate surface area is 118 Å². The van der Waals surface area contributed by atoms with Gasteiger partial charge in [-0.25, -0.2) is 0 Å². The molecule has 0 bridgehead atoms. The lowest BCUT2D eigenvalue weighted by Gasteiger charge is -2.21. The molecule has 5 heteroatoms. The highest BCUT2D eigenvalue weighted by Crippen LogP contribution is 2.12. The van der Waals surface area contributed by atoms with Crippen LogP contribution in [0.3, 0.4) is 0 Å². The maximum atomic E-state index is 12.3. The van der Waals surface area contributed by atoms with Gasteiger partial charge in [0.2, 0.25) is 0 Å². The number of hydrogen-bond acceptors (Lipinski definition) is 4. The lowest BCUT2D eigenvalue weighted by Crippen LogP contribution is -2.39. The first-order valence-corrected chi connectivity index (χ1v) is 6.83. The van der Waals surface area contributed by atoms with Crippen LogP contribution in [0.25, 0.3) is 11.0 Å². The highest BCUT2D eigenvalue weighted by atomic mass is 16.1. The van der Waals surface area contributed by atoms with Crippen LogP contribution in [-0.4, -0.2) is 28.5 Å². The second kappa shape index (κ2) is 6.43. The summed E-state index contributed by atoms with van der Waals surface area (Å²) in [6, 6.07) is 5.43. The Balaban J connectivity index is 2.18. The van der Waals surface area contributed by atoms with E-state index in [0.29, 0.717) is 18.0 Å². The van der Waals surface area contributed by atoms with Gasteiger partial charge in [-0.2, -0.15) is 0 Å². The summed E-state index contributed by atoms with van der Waals surface area (Å²) < 4.78 is 0. The number of nitrogens with one attached hydrogen (secondary N) is 1. The largest absolute Gasteiger partial charge is 0.349 e. The third kappa shape index (κ3) is 3.30. The first-order valence-electron chi connectivity index (χ1n) is 6.83. The second-order valence-electron chi connectivity index (χ2n) is 5.16. The zero-order valence-corrected chi connectivity index (χ0v) is 11.8. The monoisotopic (exact) mass is 272 g/mol. The van der Waals surface area contributed by atoms with Crippen molar-refractivity contribution in [3.05, 3.63) is 36.2 Å². The van der Waals surface area contributed by atoms with Crippen LogP contribution in [0.2, 0.25) is 0 Å². The molecule has 20 heavy (non-hydrogen) atoms. The van der Waals surface area contributed by atoms with E-state index < -0.39 is 0 Å². The molecule has 0 radical (unpaired) electrons. The molecule has 3 N–H and O–H groups in total. The molecular weight excluding hydrogens is 252 g/mol. The van der Waals surface area contributed by atoms with Gasteiger partial charge in [-0.1, -0.05) is 13.8 Å². The van der Waals surface area contributed by atoms with E-state index in [1.165, 1.54) is 0 Å². The number of nitrogens with two attached hydrogens (primary N) is 1. The van der Waals surface area contributed by atoms with E-state index in [1.807, 2.05) is 6.07 Å². The van der Waals surface area contributed by atoms with Gasteiger partial charge in [-0.3, -0.25) is 14.8 Å². The van der Waals surface area contributed by atoms with Crippen molar-refractivity contribution < 1.29 is 4.79 Å². The number of hydrogen-bond donors (Lipinski definition) is 2. The Hall–Kier alpha value is -2.01. The first-order chi connectivity index (χ1) is 9.61. The standard InChI is InChI=1S/C15H20N4O/c1-10(2)12(5-6-16)19-15(20)11-3-4-13-14(9-11)18-8-7-17-13/h3-4,7-10,12H,5-6,16H2,1-2H3,(H,19,20). The van der Waals surface area contributed by atoms with Gasteiger partial charge in [-0.15, -0.1) is 0 Å². The third-order valence-corrected chi connectivity index (χ3v) is 3.33. The minimum atomic E-state index is -0.0929.